The lowest BCUT2D eigenvalue weighted by atomic mass is 9.91. The van der Waals surface area contributed by atoms with Crippen LogP contribution in [0.5, 0.6) is 0 Å². The van der Waals surface area contributed by atoms with Gasteiger partial charge in [-0.1, -0.05) is 12.1 Å². The quantitative estimate of drug-likeness (QED) is 0.864. The molecule has 0 aromatic heterocycles. The molecule has 0 aromatic carbocycles. The minimum Gasteiger partial charge on any atom is -0.289 e. The summed E-state index contributed by atoms with van der Waals surface area (Å²) in [5.41, 5.74) is 8.13. The van der Waals surface area contributed by atoms with Crippen molar-refractivity contribution in [2.24, 2.45) is 10.2 Å². The monoisotopic (exact) mass is 276 g/mol. The molecular weight excluding hydrogens is 260 g/mol. The third kappa shape index (κ3) is 1.56. The smallest absolute Gasteiger partial charge is 0.0914 e. The van der Waals surface area contributed by atoms with Gasteiger partial charge >= 0.3 is 0 Å². The highest BCUT2D eigenvalue weighted by molar-refractivity contribution is 5.96. The molecule has 4 heteroatoms. The van der Waals surface area contributed by atoms with Crippen molar-refractivity contribution in [3.05, 3.63) is 40.4 Å². The van der Waals surface area contributed by atoms with Crippen molar-refractivity contribution in [3.8, 4) is 11.1 Å². The predicted octanol–water partition coefficient (Wildman–Crippen LogP) is 1.89. The molecule has 0 saturated heterocycles. The van der Waals surface area contributed by atoms with Gasteiger partial charge in [0.1, 0.15) is 0 Å². The Bertz CT molecular complexity index is 848. The molecule has 0 spiro atoms. The molecule has 104 valence electrons. The van der Waals surface area contributed by atoms with Gasteiger partial charge in [-0.05, 0) is 43.0 Å². The van der Waals surface area contributed by atoms with Crippen LogP contribution in [-0.4, -0.2) is 17.3 Å². The van der Waals surface area contributed by atoms with Crippen LogP contribution in [0.1, 0.15) is 24.8 Å². The van der Waals surface area contributed by atoms with E-state index < -0.39 is 0 Å². The fourth-order valence-electron chi connectivity index (χ4n) is 3.47. The number of hydrogen-bond donors (Lipinski definition) is 1. The Balaban J connectivity index is 1.75. The molecule has 2 heterocycles. The molecule has 21 heavy (non-hydrogen) atoms. The first-order valence-electron chi connectivity index (χ1n) is 7.59. The van der Waals surface area contributed by atoms with Crippen LogP contribution in [0.15, 0.2) is 34.5 Å². The van der Waals surface area contributed by atoms with Crippen molar-refractivity contribution in [1.82, 2.24) is 5.01 Å². The fraction of sp³-hybridized carbons (Fsp3) is 0.294. The zero-order valence-corrected chi connectivity index (χ0v) is 11.7. The van der Waals surface area contributed by atoms with Crippen LogP contribution < -0.4 is 16.0 Å². The van der Waals surface area contributed by atoms with Crippen LogP contribution in [-0.2, 0) is 6.54 Å². The SMILES string of the molecule is C1=NNc2c3ccc4c-3c(ccc2=C1)CN(C1CCC1)N=4. The third-order valence-corrected chi connectivity index (χ3v) is 4.85. The van der Waals surface area contributed by atoms with Crippen LogP contribution in [0.3, 0.4) is 0 Å². The Morgan fingerprint density at radius 1 is 1.14 bits per heavy atom. The minimum atomic E-state index is 0.635. The standard InChI is InChI=1S/C17H16N4/c1-2-13(3-1)21-10-12-5-4-11-8-9-18-19-17(11)14-6-7-15(20-21)16(12)14/h4-9,13,19H,1-3,10H2. The van der Waals surface area contributed by atoms with Crippen LogP contribution in [0.2, 0.25) is 0 Å². The number of hydrogen-bond acceptors (Lipinski definition) is 4. The van der Waals surface area contributed by atoms with E-state index in [-0.39, 0.29) is 0 Å². The van der Waals surface area contributed by atoms with E-state index in [4.69, 9.17) is 5.10 Å². The van der Waals surface area contributed by atoms with Crippen molar-refractivity contribution in [2.75, 3.05) is 5.43 Å². The third-order valence-electron chi connectivity index (χ3n) is 4.85. The average Bonchev–Trinajstić information content (AvgIpc) is 2.79. The molecule has 4 nitrogen and oxygen atoms in total. The lowest BCUT2D eigenvalue weighted by Crippen LogP contribution is -2.39. The zero-order chi connectivity index (χ0) is 13.8. The van der Waals surface area contributed by atoms with Crippen LogP contribution in [0.4, 0.5) is 5.69 Å². The van der Waals surface area contributed by atoms with E-state index in [1.54, 1.807) is 0 Å². The maximum absolute atomic E-state index is 4.88. The Morgan fingerprint density at radius 2 is 2.10 bits per heavy atom. The van der Waals surface area contributed by atoms with Gasteiger partial charge in [0.15, 0.2) is 0 Å². The topological polar surface area (TPSA) is 40.0 Å². The van der Waals surface area contributed by atoms with Gasteiger partial charge in [-0.15, -0.1) is 0 Å². The zero-order valence-electron chi connectivity index (χ0n) is 11.7. The fourth-order valence-corrected chi connectivity index (χ4v) is 3.47. The van der Waals surface area contributed by atoms with Gasteiger partial charge in [-0.2, -0.15) is 10.2 Å². The number of nitrogens with zero attached hydrogens (tertiary/aromatic N) is 3. The van der Waals surface area contributed by atoms with E-state index in [1.807, 2.05) is 6.21 Å². The van der Waals surface area contributed by atoms with Crippen molar-refractivity contribution in [2.45, 2.75) is 31.8 Å². The van der Waals surface area contributed by atoms with E-state index in [0.29, 0.717) is 6.04 Å². The van der Waals surface area contributed by atoms with Crippen molar-refractivity contribution < 1.29 is 0 Å². The summed E-state index contributed by atoms with van der Waals surface area (Å²) in [6.45, 7) is 0.923. The largest absolute Gasteiger partial charge is 0.289 e. The average molecular weight is 276 g/mol. The number of hydrazone groups is 1. The van der Waals surface area contributed by atoms with Crippen LogP contribution in [0, 0.1) is 0 Å². The Hall–Kier alpha value is -2.36. The van der Waals surface area contributed by atoms with Gasteiger partial charge < -0.3 is 0 Å². The maximum Gasteiger partial charge on any atom is 0.0914 e. The highest BCUT2D eigenvalue weighted by Crippen LogP contribution is 2.33. The lowest BCUT2D eigenvalue weighted by molar-refractivity contribution is 0.116. The second-order valence-electron chi connectivity index (χ2n) is 6.04. The van der Waals surface area contributed by atoms with Gasteiger partial charge in [-0.25, -0.2) is 0 Å². The Labute approximate surface area is 122 Å². The van der Waals surface area contributed by atoms with Crippen LogP contribution in [0.25, 0.3) is 17.2 Å². The summed E-state index contributed by atoms with van der Waals surface area (Å²) in [5, 5.41) is 13.6. The molecule has 2 aliphatic heterocycles. The van der Waals surface area contributed by atoms with Crippen molar-refractivity contribution in [1.29, 1.82) is 0 Å². The highest BCUT2D eigenvalue weighted by Gasteiger charge is 2.28. The summed E-state index contributed by atoms with van der Waals surface area (Å²) in [6, 6.07) is 9.39. The maximum atomic E-state index is 4.88. The van der Waals surface area contributed by atoms with Gasteiger partial charge in [0.05, 0.1) is 17.6 Å². The molecule has 0 amide bonds. The molecule has 5 rings (SSSR count). The predicted molar refractivity (Wildman–Crippen MR) is 83.6 cm³/mol. The van der Waals surface area contributed by atoms with E-state index in [1.165, 1.54) is 41.2 Å². The molecule has 3 aliphatic carbocycles. The Morgan fingerprint density at radius 3 is 2.95 bits per heavy atom. The summed E-state index contributed by atoms with van der Waals surface area (Å²) in [6.07, 6.45) is 7.76. The molecular formula is C17H16N4. The molecule has 1 fully saturated rings. The van der Waals surface area contributed by atoms with Crippen LogP contribution >= 0.6 is 0 Å². The van der Waals surface area contributed by atoms with Gasteiger partial charge in [0.2, 0.25) is 0 Å². The summed E-state index contributed by atoms with van der Waals surface area (Å²) in [4.78, 5) is 0. The summed E-state index contributed by atoms with van der Waals surface area (Å²) in [7, 11) is 0. The molecule has 0 atom stereocenters. The second-order valence-corrected chi connectivity index (χ2v) is 6.04. The number of fused-ring (bicyclic) bond motifs is 2. The van der Waals surface area contributed by atoms with Crippen molar-refractivity contribution >= 4 is 18.0 Å². The first-order chi connectivity index (χ1) is 10.4. The number of anilines is 1. The van der Waals surface area contributed by atoms with E-state index in [9.17, 15) is 0 Å². The second kappa shape index (κ2) is 4.07. The molecule has 1 N–H and O–H groups in total. The Kier molecular flexibility index (Phi) is 2.19. The normalized spacial score (nSPS) is 19.3. The van der Waals surface area contributed by atoms with Crippen molar-refractivity contribution in [3.63, 3.8) is 0 Å². The number of rotatable bonds is 1. The summed E-state index contributed by atoms with van der Waals surface area (Å²) in [5.74, 6) is 0. The first kappa shape index (κ1) is 11.3. The van der Waals surface area contributed by atoms with Gasteiger partial charge in [-0.3, -0.25) is 10.4 Å². The summed E-state index contributed by atoms with van der Waals surface area (Å²) >= 11 is 0. The number of nitrogens with one attached hydrogen (secondary N) is 1. The van der Waals surface area contributed by atoms with E-state index >= 15 is 0 Å². The lowest BCUT2D eigenvalue weighted by Gasteiger charge is -2.37. The molecule has 0 aromatic rings. The first-order valence-corrected chi connectivity index (χ1v) is 7.59. The molecule has 1 saturated carbocycles. The molecule has 0 radical (unpaired) electrons. The minimum absolute atomic E-state index is 0.635. The molecule has 5 aliphatic rings. The van der Waals surface area contributed by atoms with E-state index in [2.05, 4.69) is 45.9 Å². The van der Waals surface area contributed by atoms with Gasteiger partial charge in [0.25, 0.3) is 0 Å². The van der Waals surface area contributed by atoms with E-state index in [0.717, 1.165) is 17.6 Å². The molecule has 0 bridgehead atoms. The highest BCUT2D eigenvalue weighted by atomic mass is 15.5. The van der Waals surface area contributed by atoms with Gasteiger partial charge in [0, 0.05) is 28.6 Å². The molecule has 0 unspecified atom stereocenters. The summed E-state index contributed by atoms with van der Waals surface area (Å²) < 4.78 is 0.